The molecule has 0 aliphatic carbocycles. The number of hydrogen-bond acceptors (Lipinski definition) is 3. The smallest absolute Gasteiger partial charge is 0.220 e. The molecule has 0 rings (SSSR count). The molecule has 0 aromatic carbocycles. The van der Waals surface area contributed by atoms with E-state index in [0.717, 1.165) is 32.5 Å². The number of likely N-dealkylation sites (N-methyl/N-ethyl adjacent to an activating group) is 1. The van der Waals surface area contributed by atoms with E-state index in [1.165, 1.54) is 12.8 Å². The summed E-state index contributed by atoms with van der Waals surface area (Å²) >= 11 is 0. The van der Waals surface area contributed by atoms with Gasteiger partial charge >= 0.3 is 0 Å². The maximum absolute atomic E-state index is 11.7. The SMILES string of the molecule is CCCC(CCN)CCC(=O)NCCN(C)C(C)C. The lowest BCUT2D eigenvalue weighted by Gasteiger charge is -2.21. The van der Waals surface area contributed by atoms with Gasteiger partial charge in [0.25, 0.3) is 0 Å². The van der Waals surface area contributed by atoms with Crippen LogP contribution in [-0.4, -0.2) is 43.5 Å². The van der Waals surface area contributed by atoms with Crippen molar-refractivity contribution in [2.24, 2.45) is 11.7 Å². The van der Waals surface area contributed by atoms with E-state index in [1.54, 1.807) is 0 Å². The highest BCUT2D eigenvalue weighted by Crippen LogP contribution is 2.16. The van der Waals surface area contributed by atoms with Crippen LogP contribution in [-0.2, 0) is 4.79 Å². The molecule has 0 radical (unpaired) electrons. The number of carbonyl (C=O) groups is 1. The van der Waals surface area contributed by atoms with Crippen molar-refractivity contribution in [3.8, 4) is 0 Å². The summed E-state index contributed by atoms with van der Waals surface area (Å²) in [5, 5.41) is 3.00. The Morgan fingerprint density at radius 2 is 1.95 bits per heavy atom. The fourth-order valence-corrected chi connectivity index (χ4v) is 2.13. The van der Waals surface area contributed by atoms with E-state index in [1.807, 2.05) is 0 Å². The second-order valence-electron chi connectivity index (χ2n) is 5.70. The Kier molecular flexibility index (Phi) is 10.9. The third-order valence-corrected chi connectivity index (χ3v) is 3.72. The van der Waals surface area contributed by atoms with Gasteiger partial charge in [0.05, 0.1) is 0 Å². The normalized spacial score (nSPS) is 13.0. The van der Waals surface area contributed by atoms with Crippen LogP contribution < -0.4 is 11.1 Å². The van der Waals surface area contributed by atoms with E-state index < -0.39 is 0 Å². The van der Waals surface area contributed by atoms with Gasteiger partial charge in [-0.3, -0.25) is 4.79 Å². The maximum atomic E-state index is 11.7. The van der Waals surface area contributed by atoms with Gasteiger partial charge in [0.2, 0.25) is 5.91 Å². The van der Waals surface area contributed by atoms with E-state index in [4.69, 9.17) is 5.73 Å². The van der Waals surface area contributed by atoms with Crippen LogP contribution in [0.15, 0.2) is 0 Å². The average molecular weight is 271 g/mol. The zero-order valence-corrected chi connectivity index (χ0v) is 13.2. The summed E-state index contributed by atoms with van der Waals surface area (Å²) in [4.78, 5) is 14.0. The van der Waals surface area contributed by atoms with Crippen molar-refractivity contribution in [2.45, 2.75) is 58.9 Å². The van der Waals surface area contributed by atoms with Gasteiger partial charge in [0, 0.05) is 25.6 Å². The first kappa shape index (κ1) is 18.4. The first-order valence-corrected chi connectivity index (χ1v) is 7.68. The summed E-state index contributed by atoms with van der Waals surface area (Å²) in [6, 6.07) is 0.524. The van der Waals surface area contributed by atoms with Crippen LogP contribution >= 0.6 is 0 Å². The van der Waals surface area contributed by atoms with Crippen molar-refractivity contribution in [3.63, 3.8) is 0 Å². The van der Waals surface area contributed by atoms with Gasteiger partial charge in [-0.15, -0.1) is 0 Å². The van der Waals surface area contributed by atoms with Crippen molar-refractivity contribution in [1.82, 2.24) is 10.2 Å². The van der Waals surface area contributed by atoms with Gasteiger partial charge in [-0.1, -0.05) is 19.8 Å². The Balaban J connectivity index is 3.73. The van der Waals surface area contributed by atoms with E-state index in [2.05, 4.69) is 38.0 Å². The zero-order chi connectivity index (χ0) is 14.7. The molecule has 0 spiro atoms. The third kappa shape index (κ3) is 9.91. The van der Waals surface area contributed by atoms with Crippen LogP contribution in [0.25, 0.3) is 0 Å². The Morgan fingerprint density at radius 1 is 1.26 bits per heavy atom. The van der Waals surface area contributed by atoms with Crippen LogP contribution in [0.1, 0.15) is 52.9 Å². The molecule has 1 unspecified atom stereocenters. The molecule has 19 heavy (non-hydrogen) atoms. The van der Waals surface area contributed by atoms with Gasteiger partial charge in [-0.2, -0.15) is 0 Å². The molecule has 3 N–H and O–H groups in total. The summed E-state index contributed by atoms with van der Waals surface area (Å²) in [5.74, 6) is 0.786. The molecule has 0 aliphatic rings. The molecule has 0 bridgehead atoms. The maximum Gasteiger partial charge on any atom is 0.220 e. The Hall–Kier alpha value is -0.610. The lowest BCUT2D eigenvalue weighted by molar-refractivity contribution is -0.121. The van der Waals surface area contributed by atoms with Crippen LogP contribution in [0.5, 0.6) is 0 Å². The molecule has 4 nitrogen and oxygen atoms in total. The Morgan fingerprint density at radius 3 is 2.47 bits per heavy atom. The highest BCUT2D eigenvalue weighted by molar-refractivity contribution is 5.75. The summed E-state index contributed by atoms with van der Waals surface area (Å²) < 4.78 is 0. The van der Waals surface area contributed by atoms with Gasteiger partial charge in [-0.05, 0) is 46.2 Å². The van der Waals surface area contributed by atoms with E-state index in [0.29, 0.717) is 18.4 Å². The summed E-state index contributed by atoms with van der Waals surface area (Å²) in [5.41, 5.74) is 5.60. The van der Waals surface area contributed by atoms with Gasteiger partial charge < -0.3 is 16.0 Å². The largest absolute Gasteiger partial charge is 0.355 e. The first-order chi connectivity index (χ1) is 9.01. The standard InChI is InChI=1S/C15H33N3O/c1-5-6-14(9-10-16)7-8-15(19)17-11-12-18(4)13(2)3/h13-14H,5-12,16H2,1-4H3,(H,17,19). The minimum absolute atomic E-state index is 0.176. The van der Waals surface area contributed by atoms with Crippen molar-refractivity contribution in [2.75, 3.05) is 26.7 Å². The van der Waals surface area contributed by atoms with Crippen LogP contribution in [0.3, 0.4) is 0 Å². The van der Waals surface area contributed by atoms with Crippen molar-refractivity contribution in [1.29, 1.82) is 0 Å². The lowest BCUT2D eigenvalue weighted by Crippen LogP contribution is -2.36. The second-order valence-corrected chi connectivity index (χ2v) is 5.70. The van der Waals surface area contributed by atoms with E-state index >= 15 is 0 Å². The molecule has 0 aromatic heterocycles. The highest BCUT2D eigenvalue weighted by atomic mass is 16.1. The lowest BCUT2D eigenvalue weighted by atomic mass is 9.94. The third-order valence-electron chi connectivity index (χ3n) is 3.72. The molecular weight excluding hydrogens is 238 g/mol. The summed E-state index contributed by atoms with van der Waals surface area (Å²) in [7, 11) is 2.08. The summed E-state index contributed by atoms with van der Waals surface area (Å²) in [6.45, 7) is 8.87. The number of nitrogens with two attached hydrogens (primary N) is 1. The molecule has 0 saturated carbocycles. The topological polar surface area (TPSA) is 58.4 Å². The van der Waals surface area contributed by atoms with Crippen molar-refractivity contribution >= 4 is 5.91 Å². The van der Waals surface area contributed by atoms with Crippen LogP contribution in [0, 0.1) is 5.92 Å². The first-order valence-electron chi connectivity index (χ1n) is 7.68. The fraction of sp³-hybridized carbons (Fsp3) is 0.933. The molecule has 0 saturated heterocycles. The monoisotopic (exact) mass is 271 g/mol. The van der Waals surface area contributed by atoms with Crippen molar-refractivity contribution < 1.29 is 4.79 Å². The number of rotatable bonds is 11. The Labute approximate surface area is 119 Å². The number of hydrogen-bond donors (Lipinski definition) is 2. The summed E-state index contributed by atoms with van der Waals surface area (Å²) in [6.07, 6.45) is 5.00. The predicted octanol–water partition coefficient (Wildman–Crippen LogP) is 1.99. The zero-order valence-electron chi connectivity index (χ0n) is 13.2. The molecule has 0 aromatic rings. The van der Waals surface area contributed by atoms with Crippen LogP contribution in [0.4, 0.5) is 0 Å². The molecule has 1 amide bonds. The van der Waals surface area contributed by atoms with Gasteiger partial charge in [0.1, 0.15) is 0 Å². The molecule has 1 atom stereocenters. The fourth-order valence-electron chi connectivity index (χ4n) is 2.13. The number of nitrogens with one attached hydrogen (secondary N) is 1. The molecule has 0 aliphatic heterocycles. The van der Waals surface area contributed by atoms with Gasteiger partial charge in [0.15, 0.2) is 0 Å². The Bertz CT molecular complexity index is 225. The number of carbonyl (C=O) groups excluding carboxylic acids is 1. The van der Waals surface area contributed by atoms with E-state index in [-0.39, 0.29) is 5.91 Å². The van der Waals surface area contributed by atoms with E-state index in [9.17, 15) is 4.79 Å². The number of amides is 1. The number of nitrogens with zero attached hydrogens (tertiary/aromatic N) is 1. The molecular formula is C15H33N3O. The van der Waals surface area contributed by atoms with Crippen LogP contribution in [0.2, 0.25) is 0 Å². The molecule has 0 heterocycles. The van der Waals surface area contributed by atoms with Crippen molar-refractivity contribution in [3.05, 3.63) is 0 Å². The average Bonchev–Trinajstić information content (AvgIpc) is 2.36. The minimum Gasteiger partial charge on any atom is -0.355 e. The molecule has 4 heteroatoms. The quantitative estimate of drug-likeness (QED) is 0.604. The highest BCUT2D eigenvalue weighted by Gasteiger charge is 2.10. The molecule has 114 valence electrons. The second kappa shape index (κ2) is 11.2. The molecule has 0 fully saturated rings. The van der Waals surface area contributed by atoms with Gasteiger partial charge in [-0.25, -0.2) is 0 Å². The predicted molar refractivity (Wildman–Crippen MR) is 82.1 cm³/mol. The minimum atomic E-state index is 0.176.